The predicted molar refractivity (Wildman–Crippen MR) is 291 cm³/mol. The van der Waals surface area contributed by atoms with Gasteiger partial charge in [0, 0.05) is 54.7 Å². The molecule has 0 saturated heterocycles. The van der Waals surface area contributed by atoms with Gasteiger partial charge in [0.25, 0.3) is 0 Å². The maximum absolute atomic E-state index is 10.2. The molecule has 0 fully saturated rings. The third kappa shape index (κ3) is 6.19. The number of nitrogens with zero attached hydrogens (tertiary/aromatic N) is 7. The van der Waals surface area contributed by atoms with Crippen LogP contribution in [0.4, 0.5) is 0 Å². The van der Waals surface area contributed by atoms with Gasteiger partial charge >= 0.3 is 0 Å². The zero-order valence-electron chi connectivity index (χ0n) is 38.2. The van der Waals surface area contributed by atoms with Crippen molar-refractivity contribution in [2.24, 2.45) is 0 Å². The molecule has 0 radical (unpaired) electrons. The number of fused-ring (bicyclic) bond motifs is 10. The average molecular weight is 924 g/mol. The number of pyridine rings is 1. The molecule has 0 aliphatic carbocycles. The summed E-state index contributed by atoms with van der Waals surface area (Å²) in [6, 6.07) is 76.7. The summed E-state index contributed by atoms with van der Waals surface area (Å²) >= 11 is 1.69. The fourth-order valence-corrected chi connectivity index (χ4v) is 11.9. The third-order valence-electron chi connectivity index (χ3n) is 14.0. The van der Waals surface area contributed by atoms with Crippen LogP contribution < -0.4 is 0 Å². The molecule has 0 atom stereocenters. The van der Waals surface area contributed by atoms with Gasteiger partial charge in [-0.05, 0) is 110 Å². The van der Waals surface area contributed by atoms with Crippen LogP contribution in [0.3, 0.4) is 0 Å². The van der Waals surface area contributed by atoms with Gasteiger partial charge in [0.05, 0.1) is 78.0 Å². The molecule has 0 bridgehead atoms. The van der Waals surface area contributed by atoms with Crippen LogP contribution in [0.5, 0.6) is 0 Å². The first kappa shape index (κ1) is 40.5. The van der Waals surface area contributed by atoms with Gasteiger partial charge in [0.2, 0.25) is 0 Å². The monoisotopic (exact) mass is 923 g/mol. The number of aromatic nitrogens is 5. The summed E-state index contributed by atoms with van der Waals surface area (Å²) in [6.07, 6.45) is 0. The summed E-state index contributed by atoms with van der Waals surface area (Å²) in [5, 5.41) is 27.7. The summed E-state index contributed by atoms with van der Waals surface area (Å²) < 4.78 is 8.05. The molecule has 5 aromatic heterocycles. The highest BCUT2D eigenvalue weighted by Gasteiger charge is 2.27. The molecule has 0 saturated carbocycles. The molecule has 5 heterocycles. The van der Waals surface area contributed by atoms with Crippen molar-refractivity contribution >= 4 is 87.0 Å². The van der Waals surface area contributed by atoms with E-state index in [-0.39, 0.29) is 0 Å². The Kier molecular flexibility index (Phi) is 8.96. The van der Waals surface area contributed by atoms with E-state index in [9.17, 15) is 10.5 Å². The van der Waals surface area contributed by atoms with E-state index in [4.69, 9.17) is 9.97 Å². The molecule has 9 aromatic carbocycles. The molecular formula is C63H37N7S. The zero-order valence-corrected chi connectivity index (χ0v) is 39.0. The van der Waals surface area contributed by atoms with E-state index in [0.29, 0.717) is 11.1 Å². The molecule has 0 aliphatic heterocycles. The van der Waals surface area contributed by atoms with Crippen LogP contribution in [0.15, 0.2) is 206 Å². The number of hydrogen-bond acceptors (Lipinski definition) is 5. The lowest BCUT2D eigenvalue weighted by Crippen LogP contribution is -2.07. The number of benzene rings is 9. The molecule has 0 aliphatic rings. The Morgan fingerprint density at radius 3 is 1.61 bits per heavy atom. The van der Waals surface area contributed by atoms with Crippen molar-refractivity contribution in [3.8, 4) is 62.3 Å². The van der Waals surface area contributed by atoms with Gasteiger partial charge in [0.1, 0.15) is 10.8 Å². The number of thiazole rings is 1. The molecule has 8 heteroatoms. The van der Waals surface area contributed by atoms with Gasteiger partial charge in [-0.25, -0.2) is 9.97 Å². The lowest BCUT2D eigenvalue weighted by molar-refractivity contribution is 1.06. The Balaban J connectivity index is 1.13. The minimum atomic E-state index is 0.595. The van der Waals surface area contributed by atoms with Crippen molar-refractivity contribution in [2.45, 2.75) is 6.92 Å². The van der Waals surface area contributed by atoms with Gasteiger partial charge in [-0.2, -0.15) is 10.5 Å². The van der Waals surface area contributed by atoms with Crippen LogP contribution in [-0.2, 0) is 0 Å². The number of nitriles is 2. The fraction of sp³-hybridized carbons (Fsp3) is 0.0159. The Bertz CT molecular complexity index is 4590. The largest absolute Gasteiger partial charge is 0.309 e. The van der Waals surface area contributed by atoms with E-state index in [1.165, 1.54) is 16.3 Å². The Labute approximate surface area is 411 Å². The Morgan fingerprint density at radius 2 is 0.944 bits per heavy atom. The van der Waals surface area contributed by atoms with E-state index in [2.05, 4.69) is 197 Å². The highest BCUT2D eigenvalue weighted by Crippen LogP contribution is 2.46. The van der Waals surface area contributed by atoms with Crippen molar-refractivity contribution in [2.75, 3.05) is 0 Å². The number of rotatable bonds is 6. The molecule has 0 spiro atoms. The van der Waals surface area contributed by atoms with Gasteiger partial charge in [-0.3, -0.25) is 4.57 Å². The van der Waals surface area contributed by atoms with Crippen LogP contribution in [0.25, 0.3) is 126 Å². The number of para-hydroxylation sites is 4. The maximum atomic E-state index is 10.2. The Morgan fingerprint density at radius 1 is 0.423 bits per heavy atom. The average Bonchev–Trinajstić information content (AvgIpc) is 4.18. The van der Waals surface area contributed by atoms with E-state index in [0.717, 1.165) is 115 Å². The van der Waals surface area contributed by atoms with Gasteiger partial charge in [-0.15, -0.1) is 11.3 Å². The van der Waals surface area contributed by atoms with Crippen LogP contribution in [0, 0.1) is 29.6 Å². The predicted octanol–water partition coefficient (Wildman–Crippen LogP) is 16.0. The molecule has 14 aromatic rings. The summed E-state index contributed by atoms with van der Waals surface area (Å²) in [7, 11) is 0. The molecule has 0 N–H and O–H groups in total. The summed E-state index contributed by atoms with van der Waals surface area (Å²) in [5.74, 6) is 0.725. The van der Waals surface area contributed by atoms with Crippen LogP contribution >= 0.6 is 11.3 Å². The first-order chi connectivity index (χ1) is 35.0. The number of aryl methyl sites for hydroxylation is 1. The quantitative estimate of drug-likeness (QED) is 0.166. The molecular weight excluding hydrogens is 887 g/mol. The third-order valence-corrected chi connectivity index (χ3v) is 15.1. The molecule has 71 heavy (non-hydrogen) atoms. The minimum absolute atomic E-state index is 0.595. The molecule has 0 unspecified atom stereocenters. The zero-order chi connectivity index (χ0) is 47.3. The second-order valence-corrected chi connectivity index (χ2v) is 19.1. The van der Waals surface area contributed by atoms with Crippen molar-refractivity contribution in [1.29, 1.82) is 10.5 Å². The number of hydrogen-bond donors (Lipinski definition) is 0. The lowest BCUT2D eigenvalue weighted by atomic mass is 9.95. The SMILES string of the molecule is Cc1ccc2c(c1)c1ccccc1n2-c1ccc(-c2nc(-n3c4ccccc4c4cc(C#N)ccc43)cc(-c3ccccc3-c3nc4ccccc4s3)c2-n2c3ccccc3c3cc(C#N)ccc32)cc1. The second kappa shape index (κ2) is 15.7. The molecule has 330 valence electrons. The van der Waals surface area contributed by atoms with Crippen molar-refractivity contribution < 1.29 is 0 Å². The van der Waals surface area contributed by atoms with Crippen molar-refractivity contribution in [1.82, 2.24) is 23.7 Å². The van der Waals surface area contributed by atoms with Gasteiger partial charge < -0.3 is 9.13 Å². The van der Waals surface area contributed by atoms with Crippen LogP contribution in [-0.4, -0.2) is 23.7 Å². The lowest BCUT2D eigenvalue weighted by Gasteiger charge is -2.22. The normalized spacial score (nSPS) is 11.7. The van der Waals surface area contributed by atoms with Crippen LogP contribution in [0.2, 0.25) is 0 Å². The van der Waals surface area contributed by atoms with Crippen molar-refractivity contribution in [3.63, 3.8) is 0 Å². The highest BCUT2D eigenvalue weighted by atomic mass is 32.1. The first-order valence-corrected chi connectivity index (χ1v) is 24.3. The van der Waals surface area contributed by atoms with Crippen LogP contribution in [0.1, 0.15) is 16.7 Å². The Hall–Kier alpha value is -9.60. The van der Waals surface area contributed by atoms with Gasteiger partial charge in [-0.1, -0.05) is 115 Å². The summed E-state index contributed by atoms with van der Waals surface area (Å²) in [6.45, 7) is 2.15. The van der Waals surface area contributed by atoms with E-state index in [1.54, 1.807) is 11.3 Å². The minimum Gasteiger partial charge on any atom is -0.309 e. The van der Waals surface area contributed by atoms with E-state index in [1.807, 2.05) is 42.5 Å². The maximum Gasteiger partial charge on any atom is 0.139 e. The van der Waals surface area contributed by atoms with E-state index >= 15 is 0 Å². The standard InChI is InChI=1S/C63H37N7S/c1-38-22-29-56-48(32-38)44-13-4-8-18-53(44)68(56)42-27-25-41(26-28-42)61-62(70-55-20-10-6-15-46(55)50-34-40(37-65)24-31-58(50)70)51(43-12-2-3-16-47(43)63-66-52-17-7-11-21-59(52)71-63)35-60(67-61)69-54-19-9-5-14-45(54)49-33-39(36-64)23-30-57(49)69/h2-35H,1H3. The topological polar surface area (TPSA) is 88.2 Å². The molecule has 14 rings (SSSR count). The van der Waals surface area contributed by atoms with Crippen molar-refractivity contribution in [3.05, 3.63) is 223 Å². The highest BCUT2D eigenvalue weighted by molar-refractivity contribution is 7.21. The van der Waals surface area contributed by atoms with E-state index < -0.39 is 0 Å². The first-order valence-electron chi connectivity index (χ1n) is 23.5. The molecule has 7 nitrogen and oxygen atoms in total. The second-order valence-electron chi connectivity index (χ2n) is 18.1. The summed E-state index contributed by atoms with van der Waals surface area (Å²) in [5.41, 5.74) is 16.1. The fourth-order valence-electron chi connectivity index (χ4n) is 10.9. The van der Waals surface area contributed by atoms with Gasteiger partial charge in [0.15, 0.2) is 0 Å². The smallest absolute Gasteiger partial charge is 0.139 e. The molecule has 0 amide bonds. The summed E-state index contributed by atoms with van der Waals surface area (Å²) in [4.78, 5) is 11.1.